The van der Waals surface area contributed by atoms with Crippen LogP contribution in [0, 0.1) is 0 Å². The number of hydrogen-bond donors (Lipinski definition) is 0. The molecule has 0 aromatic rings. The topological polar surface area (TPSA) is 197 Å². The van der Waals surface area contributed by atoms with Crippen molar-refractivity contribution in [1.29, 1.82) is 0 Å². The van der Waals surface area contributed by atoms with Crippen LogP contribution in [0.3, 0.4) is 0 Å². The Morgan fingerprint density at radius 2 is 0.537 bits per heavy atom. The summed E-state index contributed by atoms with van der Waals surface area (Å²) < 4.78 is 75.0. The standard InChI is InChI=1S/C36H66O18/c1-5-9-41-13-17-45-27-33(37)51-23-31(24-52-34(38)28-46-18-14-42-10-6-2)49-21-22-50-32(25-53-35(39)29-47-19-15-43-11-7-3)26-54-36(40)30-48-20-16-44-12-8-4/h31-32H,5-30H2,1-4H3. The number of ether oxygens (including phenoxy) is 14. The molecule has 0 aromatic carbocycles. The first-order valence-electron chi connectivity index (χ1n) is 18.8. The summed E-state index contributed by atoms with van der Waals surface area (Å²) in [5.74, 6) is -2.57. The average Bonchev–Trinajstić information content (AvgIpc) is 3.17. The van der Waals surface area contributed by atoms with Crippen LogP contribution in [0.15, 0.2) is 0 Å². The zero-order valence-electron chi connectivity index (χ0n) is 32.9. The fourth-order valence-corrected chi connectivity index (χ4v) is 3.71. The number of carbonyl (C=O) groups excluding carboxylic acids is 4. The average molecular weight is 787 g/mol. The summed E-state index contributed by atoms with van der Waals surface area (Å²) in [6.45, 7) is 10.3. The first kappa shape index (κ1) is 51.5. The molecule has 0 saturated carbocycles. The molecule has 0 unspecified atom stereocenters. The Hall–Kier alpha value is -2.52. The zero-order chi connectivity index (χ0) is 39.7. The first-order valence-corrected chi connectivity index (χ1v) is 18.8. The lowest BCUT2D eigenvalue weighted by Crippen LogP contribution is -2.33. The highest BCUT2D eigenvalue weighted by molar-refractivity contribution is 5.71. The van der Waals surface area contributed by atoms with Gasteiger partial charge in [0.05, 0.1) is 66.1 Å². The number of carbonyl (C=O) groups is 4. The van der Waals surface area contributed by atoms with E-state index in [0.29, 0.717) is 52.9 Å². The molecule has 0 rings (SSSR count). The molecule has 0 atom stereocenters. The van der Waals surface area contributed by atoms with Gasteiger partial charge in [-0.15, -0.1) is 0 Å². The van der Waals surface area contributed by atoms with Gasteiger partial charge in [-0.3, -0.25) is 0 Å². The predicted molar refractivity (Wildman–Crippen MR) is 191 cm³/mol. The second-order valence-corrected chi connectivity index (χ2v) is 11.4. The van der Waals surface area contributed by atoms with Crippen molar-refractivity contribution in [3.8, 4) is 0 Å². The third-order valence-corrected chi connectivity index (χ3v) is 6.27. The second kappa shape index (κ2) is 40.2. The summed E-state index contributed by atoms with van der Waals surface area (Å²) in [4.78, 5) is 48.9. The van der Waals surface area contributed by atoms with Gasteiger partial charge in [-0.25, -0.2) is 19.2 Å². The molecule has 0 spiro atoms. The zero-order valence-corrected chi connectivity index (χ0v) is 32.9. The van der Waals surface area contributed by atoms with Gasteiger partial charge in [0.2, 0.25) is 0 Å². The summed E-state index contributed by atoms with van der Waals surface area (Å²) >= 11 is 0. The van der Waals surface area contributed by atoms with Crippen molar-refractivity contribution in [2.24, 2.45) is 0 Å². The molecule has 0 radical (unpaired) electrons. The normalized spacial score (nSPS) is 11.3. The maximum Gasteiger partial charge on any atom is 0.332 e. The lowest BCUT2D eigenvalue weighted by atomic mass is 10.4. The van der Waals surface area contributed by atoms with Crippen LogP contribution >= 0.6 is 0 Å². The fourth-order valence-electron chi connectivity index (χ4n) is 3.71. The summed E-state index contributed by atoms with van der Waals surface area (Å²) in [6, 6.07) is 0. The van der Waals surface area contributed by atoms with E-state index in [1.807, 2.05) is 27.7 Å². The lowest BCUT2D eigenvalue weighted by molar-refractivity contribution is -0.167. The molecule has 0 fully saturated rings. The third kappa shape index (κ3) is 36.5. The van der Waals surface area contributed by atoms with Crippen molar-refractivity contribution in [1.82, 2.24) is 0 Å². The van der Waals surface area contributed by atoms with Crippen molar-refractivity contribution in [2.75, 3.05) is 145 Å². The molecule has 318 valence electrons. The van der Waals surface area contributed by atoms with Gasteiger partial charge in [-0.05, 0) is 25.7 Å². The van der Waals surface area contributed by atoms with E-state index in [0.717, 1.165) is 25.7 Å². The van der Waals surface area contributed by atoms with Crippen molar-refractivity contribution in [3.05, 3.63) is 0 Å². The molecule has 18 heteroatoms. The lowest BCUT2D eigenvalue weighted by Gasteiger charge is -2.21. The molecule has 0 N–H and O–H groups in total. The Morgan fingerprint density at radius 1 is 0.315 bits per heavy atom. The minimum atomic E-state index is -0.867. The molecule has 0 aliphatic rings. The van der Waals surface area contributed by atoms with Crippen LogP contribution < -0.4 is 0 Å². The second-order valence-electron chi connectivity index (χ2n) is 11.4. The maximum atomic E-state index is 12.2. The van der Waals surface area contributed by atoms with Crippen molar-refractivity contribution in [3.63, 3.8) is 0 Å². The molecule has 18 nitrogen and oxygen atoms in total. The van der Waals surface area contributed by atoms with E-state index in [-0.39, 0.29) is 92.5 Å². The number of esters is 4. The third-order valence-electron chi connectivity index (χ3n) is 6.27. The van der Waals surface area contributed by atoms with E-state index < -0.39 is 36.1 Å². The Morgan fingerprint density at radius 3 is 0.759 bits per heavy atom. The van der Waals surface area contributed by atoms with E-state index in [1.165, 1.54) is 0 Å². The van der Waals surface area contributed by atoms with Gasteiger partial charge in [-0.1, -0.05) is 27.7 Å². The van der Waals surface area contributed by atoms with Gasteiger partial charge in [0.25, 0.3) is 0 Å². The summed E-state index contributed by atoms with van der Waals surface area (Å²) in [5.41, 5.74) is 0. The quantitative estimate of drug-likeness (QED) is 0.0493. The minimum Gasteiger partial charge on any atom is -0.461 e. The molecule has 0 saturated heterocycles. The summed E-state index contributed by atoms with van der Waals surface area (Å²) in [7, 11) is 0. The van der Waals surface area contributed by atoms with Crippen molar-refractivity contribution >= 4 is 23.9 Å². The highest BCUT2D eigenvalue weighted by atomic mass is 16.6. The first-order chi connectivity index (χ1) is 26.4. The van der Waals surface area contributed by atoms with Gasteiger partial charge in [0, 0.05) is 26.4 Å². The molecule has 0 aromatic heterocycles. The van der Waals surface area contributed by atoms with Gasteiger partial charge >= 0.3 is 23.9 Å². The van der Waals surface area contributed by atoms with E-state index in [1.54, 1.807) is 0 Å². The van der Waals surface area contributed by atoms with Crippen LogP contribution in [0.2, 0.25) is 0 Å². The van der Waals surface area contributed by atoms with Crippen molar-refractivity contribution in [2.45, 2.75) is 65.6 Å². The van der Waals surface area contributed by atoms with Crippen LogP contribution in [-0.2, 0) is 85.5 Å². The predicted octanol–water partition coefficient (Wildman–Crippen LogP) is 1.70. The van der Waals surface area contributed by atoms with Gasteiger partial charge in [0.15, 0.2) is 0 Å². The highest BCUT2D eigenvalue weighted by Crippen LogP contribution is 2.02. The Bertz CT molecular complexity index is 758. The Balaban J connectivity index is 5.00. The van der Waals surface area contributed by atoms with Crippen LogP contribution in [0.1, 0.15) is 53.4 Å². The molecule has 54 heavy (non-hydrogen) atoms. The molecule has 0 aliphatic carbocycles. The smallest absolute Gasteiger partial charge is 0.332 e. The van der Waals surface area contributed by atoms with E-state index in [9.17, 15) is 19.2 Å². The maximum absolute atomic E-state index is 12.2. The van der Waals surface area contributed by atoms with Crippen LogP contribution in [-0.4, -0.2) is 181 Å². The molecule has 0 heterocycles. The summed E-state index contributed by atoms with van der Waals surface area (Å²) in [5, 5.41) is 0. The largest absolute Gasteiger partial charge is 0.461 e. The van der Waals surface area contributed by atoms with Crippen LogP contribution in [0.25, 0.3) is 0 Å². The van der Waals surface area contributed by atoms with E-state index in [4.69, 9.17) is 66.3 Å². The fraction of sp³-hybridized carbons (Fsp3) is 0.889. The monoisotopic (exact) mass is 786 g/mol. The number of rotatable bonds is 41. The Labute approximate surface area is 320 Å². The van der Waals surface area contributed by atoms with Gasteiger partial charge < -0.3 is 66.3 Å². The molecular formula is C36H66O18. The SMILES string of the molecule is CCCOCCOCC(=O)OCC(COC(=O)COCCOCCC)OCCOC(COC(=O)COCCOCCC)COC(=O)COCCOCCC. The molecule has 0 amide bonds. The molecule has 0 bridgehead atoms. The summed E-state index contributed by atoms with van der Waals surface area (Å²) in [6.07, 6.45) is 1.75. The van der Waals surface area contributed by atoms with Crippen molar-refractivity contribution < 1.29 is 85.5 Å². The number of hydrogen-bond acceptors (Lipinski definition) is 18. The van der Waals surface area contributed by atoms with E-state index in [2.05, 4.69) is 0 Å². The highest BCUT2D eigenvalue weighted by Gasteiger charge is 2.19. The minimum absolute atomic E-state index is 0.0591. The molecular weight excluding hydrogens is 720 g/mol. The van der Waals surface area contributed by atoms with Gasteiger partial charge in [-0.2, -0.15) is 0 Å². The van der Waals surface area contributed by atoms with E-state index >= 15 is 0 Å². The Kier molecular flexibility index (Phi) is 38.3. The van der Waals surface area contributed by atoms with Gasteiger partial charge in [0.1, 0.15) is 65.1 Å². The molecule has 0 aliphatic heterocycles. The van der Waals surface area contributed by atoms with Crippen LogP contribution in [0.4, 0.5) is 0 Å². The van der Waals surface area contributed by atoms with Crippen LogP contribution in [0.5, 0.6) is 0 Å².